The molecule has 0 amide bonds. The molecular formula is C24H28O5. The lowest BCUT2D eigenvalue weighted by molar-refractivity contribution is -0.176. The fraction of sp³-hybridized carbons (Fsp3) is 0.625. The smallest absolute Gasteiger partial charge is 0.340 e. The van der Waals surface area contributed by atoms with Gasteiger partial charge in [0.05, 0.1) is 0 Å². The first-order valence-corrected chi connectivity index (χ1v) is 11.1. The van der Waals surface area contributed by atoms with Crippen molar-refractivity contribution in [3.8, 4) is 0 Å². The molecule has 2 heterocycles. The summed E-state index contributed by atoms with van der Waals surface area (Å²) in [6.45, 7) is 4.07. The number of cyclic esters (lactones) is 1. The van der Waals surface area contributed by atoms with E-state index < -0.39 is 11.0 Å². The Bertz CT molecular complexity index is 893. The summed E-state index contributed by atoms with van der Waals surface area (Å²) in [6, 6.07) is 0. The lowest BCUT2D eigenvalue weighted by Gasteiger charge is -2.42. The van der Waals surface area contributed by atoms with Crippen LogP contribution in [0.1, 0.15) is 65.2 Å². The van der Waals surface area contributed by atoms with Crippen LogP contribution in [0.15, 0.2) is 35.1 Å². The first-order valence-electron chi connectivity index (χ1n) is 11.1. The molecule has 5 rings (SSSR count). The molecule has 0 aromatic heterocycles. The molecule has 2 bridgehead atoms. The topological polar surface area (TPSA) is 69.7 Å². The molecule has 2 aliphatic heterocycles. The van der Waals surface area contributed by atoms with E-state index in [-0.39, 0.29) is 35.5 Å². The second kappa shape index (κ2) is 6.41. The molecule has 0 spiro atoms. The molecule has 154 valence electrons. The van der Waals surface area contributed by atoms with Gasteiger partial charge in [0.15, 0.2) is 11.4 Å². The lowest BCUT2D eigenvalue weighted by atomic mass is 9.62. The highest BCUT2D eigenvalue weighted by atomic mass is 16.6. The number of carbonyl (C=O) groups is 3. The third-order valence-electron chi connectivity index (χ3n) is 7.79. The Labute approximate surface area is 171 Å². The van der Waals surface area contributed by atoms with Crippen LogP contribution >= 0.6 is 0 Å². The van der Waals surface area contributed by atoms with Crippen molar-refractivity contribution in [2.75, 3.05) is 0 Å². The molecule has 0 aromatic carbocycles. The van der Waals surface area contributed by atoms with Gasteiger partial charge in [-0.15, -0.1) is 0 Å². The van der Waals surface area contributed by atoms with Crippen LogP contribution in [-0.2, 0) is 23.9 Å². The minimum absolute atomic E-state index is 0.0418. The number of hydrogen-bond donors (Lipinski definition) is 0. The molecule has 0 aromatic rings. The van der Waals surface area contributed by atoms with Crippen molar-refractivity contribution >= 4 is 17.7 Å². The zero-order valence-corrected chi connectivity index (χ0v) is 17.2. The summed E-state index contributed by atoms with van der Waals surface area (Å²) in [6.07, 6.45) is 12.0. The largest absolute Gasteiger partial charge is 0.450 e. The standard InChI is InChI=1S/C24H28O5/c1-3-5-9-16-14-11-12-15-20(19(14)21(26)28-16)23-13-7-6-10-17(23)24(15,29-22(23)27)18(25)8-4-2/h7,9,13,15,17,20H,3-6,8,10-12H2,1-2H3/t15?,17-,20+,23?,24?/m0/s1. The quantitative estimate of drug-likeness (QED) is 0.515. The van der Waals surface area contributed by atoms with E-state index in [4.69, 9.17) is 9.47 Å². The number of hydrogen-bond acceptors (Lipinski definition) is 5. The van der Waals surface area contributed by atoms with E-state index in [2.05, 4.69) is 6.92 Å². The molecule has 0 N–H and O–H groups in total. The molecule has 1 saturated heterocycles. The Morgan fingerprint density at radius 3 is 2.83 bits per heavy atom. The Kier molecular flexibility index (Phi) is 4.17. The monoisotopic (exact) mass is 396 g/mol. The van der Waals surface area contributed by atoms with Crippen LogP contribution < -0.4 is 0 Å². The van der Waals surface area contributed by atoms with Gasteiger partial charge in [-0.1, -0.05) is 32.4 Å². The number of fused-ring (bicyclic) bond motifs is 3. The van der Waals surface area contributed by atoms with E-state index in [1.54, 1.807) is 0 Å². The van der Waals surface area contributed by atoms with Gasteiger partial charge >= 0.3 is 11.9 Å². The van der Waals surface area contributed by atoms with Crippen molar-refractivity contribution < 1.29 is 23.9 Å². The van der Waals surface area contributed by atoms with E-state index in [1.165, 1.54) is 0 Å². The lowest BCUT2D eigenvalue weighted by Crippen LogP contribution is -2.52. The van der Waals surface area contributed by atoms with Gasteiger partial charge in [-0.3, -0.25) is 9.59 Å². The summed E-state index contributed by atoms with van der Waals surface area (Å²) in [4.78, 5) is 39.7. The average Bonchev–Trinajstić information content (AvgIpc) is 3.28. The number of unbranched alkanes of at least 4 members (excludes halogenated alkanes) is 1. The van der Waals surface area contributed by atoms with Gasteiger partial charge in [-0.05, 0) is 44.6 Å². The summed E-state index contributed by atoms with van der Waals surface area (Å²) in [7, 11) is 0. The third-order valence-corrected chi connectivity index (χ3v) is 7.79. The molecule has 3 aliphatic carbocycles. The second-order valence-electron chi connectivity index (χ2n) is 9.08. The predicted molar refractivity (Wildman–Crippen MR) is 105 cm³/mol. The van der Waals surface area contributed by atoms with Gasteiger partial charge in [-0.2, -0.15) is 0 Å². The van der Waals surface area contributed by atoms with Crippen LogP contribution in [0, 0.1) is 23.2 Å². The van der Waals surface area contributed by atoms with E-state index >= 15 is 0 Å². The van der Waals surface area contributed by atoms with Crippen molar-refractivity contribution in [3.05, 3.63) is 35.1 Å². The number of rotatable bonds is 5. The van der Waals surface area contributed by atoms with Gasteiger partial charge in [0.1, 0.15) is 11.2 Å². The second-order valence-corrected chi connectivity index (χ2v) is 9.08. The fourth-order valence-corrected chi connectivity index (χ4v) is 6.84. The van der Waals surface area contributed by atoms with Crippen molar-refractivity contribution in [1.29, 1.82) is 0 Å². The molecule has 5 heteroatoms. The molecule has 1 saturated carbocycles. The Hall–Kier alpha value is -2.17. The number of allylic oxidation sites excluding steroid dienone is 3. The molecular weight excluding hydrogens is 368 g/mol. The summed E-state index contributed by atoms with van der Waals surface area (Å²) in [5.74, 6) is -0.564. The first kappa shape index (κ1) is 18.8. The number of ketones is 1. The molecule has 2 fully saturated rings. The van der Waals surface area contributed by atoms with Crippen molar-refractivity contribution in [1.82, 2.24) is 0 Å². The van der Waals surface area contributed by atoms with E-state index in [0.717, 1.165) is 44.1 Å². The van der Waals surface area contributed by atoms with Gasteiger partial charge in [-0.25, -0.2) is 4.79 Å². The van der Waals surface area contributed by atoms with Crippen molar-refractivity contribution in [2.45, 2.75) is 70.8 Å². The zero-order valence-electron chi connectivity index (χ0n) is 17.2. The maximum absolute atomic E-state index is 13.4. The number of ether oxygens (including phenoxy) is 2. The molecule has 0 radical (unpaired) electrons. The number of Topliss-reactive ketones (excluding diaryl/α,β-unsaturated/α-hetero) is 1. The molecule has 5 aliphatic rings. The van der Waals surface area contributed by atoms with E-state index in [1.807, 2.05) is 25.2 Å². The highest BCUT2D eigenvalue weighted by Gasteiger charge is 2.81. The highest BCUT2D eigenvalue weighted by Crippen LogP contribution is 2.72. The van der Waals surface area contributed by atoms with Crippen LogP contribution in [0.25, 0.3) is 0 Å². The summed E-state index contributed by atoms with van der Waals surface area (Å²) in [5.41, 5.74) is -0.373. The normalized spacial score (nSPS) is 40.6. The molecule has 29 heavy (non-hydrogen) atoms. The van der Waals surface area contributed by atoms with Crippen LogP contribution in [-0.4, -0.2) is 23.3 Å². The summed E-state index contributed by atoms with van der Waals surface area (Å²) >= 11 is 0. The van der Waals surface area contributed by atoms with Crippen LogP contribution in [0.5, 0.6) is 0 Å². The van der Waals surface area contributed by atoms with Gasteiger partial charge in [0.25, 0.3) is 0 Å². The van der Waals surface area contributed by atoms with E-state index in [9.17, 15) is 14.4 Å². The Balaban J connectivity index is 1.70. The van der Waals surface area contributed by atoms with Gasteiger partial charge < -0.3 is 9.47 Å². The first-order chi connectivity index (χ1) is 14.0. The number of carbonyl (C=O) groups excluding carboxylic acids is 3. The van der Waals surface area contributed by atoms with Crippen LogP contribution in [0.4, 0.5) is 0 Å². The summed E-state index contributed by atoms with van der Waals surface area (Å²) in [5, 5.41) is 0. The third kappa shape index (κ3) is 2.14. The van der Waals surface area contributed by atoms with Crippen LogP contribution in [0.2, 0.25) is 0 Å². The maximum atomic E-state index is 13.4. The zero-order chi connectivity index (χ0) is 20.4. The molecule has 5 nitrogen and oxygen atoms in total. The van der Waals surface area contributed by atoms with Gasteiger partial charge in [0.2, 0.25) is 0 Å². The number of esters is 2. The SMILES string of the molecule is CCCC=C1OC(=O)C2=C1CCC1[C@H]2C23C=CCC[C@@H]2C1(C(=O)CCC)OC3=O. The van der Waals surface area contributed by atoms with E-state index in [0.29, 0.717) is 24.2 Å². The summed E-state index contributed by atoms with van der Waals surface area (Å²) < 4.78 is 11.7. The fourth-order valence-electron chi connectivity index (χ4n) is 6.84. The van der Waals surface area contributed by atoms with Crippen molar-refractivity contribution in [2.24, 2.45) is 23.2 Å². The maximum Gasteiger partial charge on any atom is 0.340 e. The Morgan fingerprint density at radius 2 is 2.07 bits per heavy atom. The van der Waals surface area contributed by atoms with Crippen molar-refractivity contribution in [3.63, 3.8) is 0 Å². The highest BCUT2D eigenvalue weighted by molar-refractivity contribution is 6.03. The minimum Gasteiger partial charge on any atom is -0.450 e. The minimum atomic E-state index is -1.07. The molecule has 5 atom stereocenters. The van der Waals surface area contributed by atoms with Crippen LogP contribution in [0.3, 0.4) is 0 Å². The molecule has 3 unspecified atom stereocenters. The Morgan fingerprint density at radius 1 is 1.24 bits per heavy atom. The predicted octanol–water partition coefficient (Wildman–Crippen LogP) is 4.18. The average molecular weight is 396 g/mol. The van der Waals surface area contributed by atoms with Gasteiger partial charge in [0, 0.05) is 35.3 Å².